The van der Waals surface area contributed by atoms with Crippen molar-refractivity contribution in [2.45, 2.75) is 44.3 Å². The summed E-state index contributed by atoms with van der Waals surface area (Å²) in [6, 6.07) is 9.48. The Balaban J connectivity index is 2.36. The van der Waals surface area contributed by atoms with Gasteiger partial charge in [-0.15, -0.1) is 0 Å². The van der Waals surface area contributed by atoms with Crippen LogP contribution in [0.5, 0.6) is 0 Å². The molecule has 0 N–H and O–H groups in total. The highest BCUT2D eigenvalue weighted by molar-refractivity contribution is 7.99. The molecule has 1 aromatic heterocycles. The maximum absolute atomic E-state index is 12.6. The van der Waals surface area contributed by atoms with E-state index in [1.165, 1.54) is 24.6 Å². The van der Waals surface area contributed by atoms with Crippen molar-refractivity contribution in [3.8, 4) is 6.07 Å². The highest BCUT2D eigenvalue weighted by atomic mass is 32.2. The summed E-state index contributed by atoms with van der Waals surface area (Å²) in [5.74, 6) is 0.305. The fourth-order valence-corrected chi connectivity index (χ4v) is 2.94. The summed E-state index contributed by atoms with van der Waals surface area (Å²) >= 11 is 1.33. The summed E-state index contributed by atoms with van der Waals surface area (Å²) in [6.07, 6.45) is 4.42. The van der Waals surface area contributed by atoms with E-state index in [-0.39, 0.29) is 5.56 Å². The van der Waals surface area contributed by atoms with Crippen LogP contribution in [0.3, 0.4) is 0 Å². The van der Waals surface area contributed by atoms with Crippen LogP contribution in [0.4, 0.5) is 0 Å². The largest absolute Gasteiger partial charge is 0.287 e. The minimum absolute atomic E-state index is 0.00228. The predicted molar refractivity (Wildman–Crippen MR) is 86.5 cm³/mol. The number of hydrogen-bond acceptors (Lipinski definition) is 4. The van der Waals surface area contributed by atoms with Gasteiger partial charge in [-0.3, -0.25) is 9.36 Å². The lowest BCUT2D eigenvalue weighted by Crippen LogP contribution is -2.23. The van der Waals surface area contributed by atoms with Crippen LogP contribution in [0.25, 0.3) is 10.9 Å². The first-order valence-electron chi connectivity index (χ1n) is 7.27. The zero-order chi connectivity index (χ0) is 15.1. The molecular weight excluding hydrogens is 282 g/mol. The number of nitrogens with zero attached hydrogens (tertiary/aromatic N) is 3. The maximum Gasteiger partial charge on any atom is 0.262 e. The lowest BCUT2D eigenvalue weighted by molar-refractivity contribution is 0.531. The number of hydrogen-bond donors (Lipinski definition) is 0. The van der Waals surface area contributed by atoms with Crippen molar-refractivity contribution in [3.05, 3.63) is 34.6 Å². The van der Waals surface area contributed by atoms with Crippen molar-refractivity contribution in [2.24, 2.45) is 0 Å². The first-order valence-corrected chi connectivity index (χ1v) is 8.25. The summed E-state index contributed by atoms with van der Waals surface area (Å²) in [6.45, 7) is 2.84. The summed E-state index contributed by atoms with van der Waals surface area (Å²) in [4.78, 5) is 17.2. The number of para-hydroxylation sites is 1. The van der Waals surface area contributed by atoms with Crippen molar-refractivity contribution < 1.29 is 0 Å². The number of unbranched alkanes of at least 4 members (excludes halogenated alkanes) is 3. The van der Waals surface area contributed by atoms with E-state index in [4.69, 9.17) is 5.26 Å². The Hall–Kier alpha value is -1.80. The van der Waals surface area contributed by atoms with Gasteiger partial charge in [-0.2, -0.15) is 5.26 Å². The number of fused-ring (bicyclic) bond motifs is 1. The van der Waals surface area contributed by atoms with E-state index in [2.05, 4.69) is 18.0 Å². The molecule has 2 aromatic rings. The first-order chi connectivity index (χ1) is 10.3. The van der Waals surface area contributed by atoms with Crippen LogP contribution < -0.4 is 5.56 Å². The van der Waals surface area contributed by atoms with E-state index in [1.807, 2.05) is 24.3 Å². The molecule has 110 valence electrons. The summed E-state index contributed by atoms with van der Waals surface area (Å²) in [5.41, 5.74) is 0.699. The van der Waals surface area contributed by atoms with Gasteiger partial charge in [0.25, 0.3) is 5.56 Å². The molecular formula is C16H19N3OS. The molecule has 4 nitrogen and oxygen atoms in total. The van der Waals surface area contributed by atoms with Gasteiger partial charge in [-0.25, -0.2) is 4.98 Å². The maximum atomic E-state index is 12.6. The van der Waals surface area contributed by atoms with Crippen LogP contribution in [0.15, 0.2) is 34.2 Å². The van der Waals surface area contributed by atoms with Gasteiger partial charge >= 0.3 is 0 Å². The van der Waals surface area contributed by atoms with Gasteiger partial charge in [0.1, 0.15) is 0 Å². The number of thioether (sulfide) groups is 1. The zero-order valence-electron chi connectivity index (χ0n) is 12.2. The molecule has 0 saturated heterocycles. The first kappa shape index (κ1) is 15.6. The van der Waals surface area contributed by atoms with Crippen LogP contribution in [0, 0.1) is 11.3 Å². The summed E-state index contributed by atoms with van der Waals surface area (Å²) in [5, 5.41) is 10.1. The van der Waals surface area contributed by atoms with Gasteiger partial charge in [0.05, 0.1) is 22.7 Å². The molecule has 0 atom stereocenters. The quantitative estimate of drug-likeness (QED) is 0.445. The molecule has 0 saturated carbocycles. The van der Waals surface area contributed by atoms with Gasteiger partial charge in [-0.1, -0.05) is 50.1 Å². The molecule has 1 heterocycles. The molecule has 0 bridgehead atoms. The summed E-state index contributed by atoms with van der Waals surface area (Å²) in [7, 11) is 0. The fourth-order valence-electron chi connectivity index (χ4n) is 2.25. The van der Waals surface area contributed by atoms with E-state index >= 15 is 0 Å². The lowest BCUT2D eigenvalue weighted by Gasteiger charge is -2.12. The van der Waals surface area contributed by atoms with Crippen LogP contribution in [-0.4, -0.2) is 15.3 Å². The molecule has 21 heavy (non-hydrogen) atoms. The van der Waals surface area contributed by atoms with Crippen molar-refractivity contribution in [2.75, 3.05) is 5.75 Å². The Bertz CT molecular complexity index is 703. The molecule has 0 aliphatic rings. The molecule has 0 amide bonds. The molecule has 0 aliphatic carbocycles. The van der Waals surface area contributed by atoms with E-state index in [9.17, 15) is 4.79 Å². The lowest BCUT2D eigenvalue weighted by atomic mass is 10.2. The molecule has 0 spiro atoms. The molecule has 2 rings (SSSR count). The molecule has 1 aromatic carbocycles. The minimum atomic E-state index is -0.00228. The van der Waals surface area contributed by atoms with E-state index in [0.29, 0.717) is 28.4 Å². The molecule has 0 aliphatic heterocycles. The van der Waals surface area contributed by atoms with E-state index < -0.39 is 0 Å². The van der Waals surface area contributed by atoms with Crippen molar-refractivity contribution in [1.29, 1.82) is 5.26 Å². The Morgan fingerprint density at radius 1 is 1.29 bits per heavy atom. The standard InChI is InChI=1S/C16H19N3OS/c1-2-3-4-7-11-19-15(20)13-8-5-6-9-14(13)18-16(19)21-12-10-17/h5-6,8-9H,2-4,7,11-12H2,1H3. The highest BCUT2D eigenvalue weighted by Gasteiger charge is 2.10. The van der Waals surface area contributed by atoms with Gasteiger partial charge < -0.3 is 0 Å². The number of nitriles is 1. The van der Waals surface area contributed by atoms with Crippen molar-refractivity contribution in [3.63, 3.8) is 0 Å². The van der Waals surface area contributed by atoms with Gasteiger partial charge in [0.15, 0.2) is 5.16 Å². The second-order valence-corrected chi connectivity index (χ2v) is 5.82. The SMILES string of the molecule is CCCCCCn1c(SCC#N)nc2ccccc2c1=O. The fraction of sp³-hybridized carbons (Fsp3) is 0.438. The number of benzene rings is 1. The van der Waals surface area contributed by atoms with Gasteiger partial charge in [-0.05, 0) is 18.6 Å². The normalized spacial score (nSPS) is 10.7. The van der Waals surface area contributed by atoms with Crippen molar-refractivity contribution in [1.82, 2.24) is 9.55 Å². The zero-order valence-corrected chi connectivity index (χ0v) is 13.0. The third-order valence-electron chi connectivity index (χ3n) is 3.33. The Morgan fingerprint density at radius 3 is 2.86 bits per heavy atom. The predicted octanol–water partition coefficient (Wildman–Crippen LogP) is 3.59. The molecule has 0 fully saturated rings. The van der Waals surface area contributed by atoms with Gasteiger partial charge in [0.2, 0.25) is 0 Å². The second-order valence-electron chi connectivity index (χ2n) is 4.88. The smallest absolute Gasteiger partial charge is 0.262 e. The van der Waals surface area contributed by atoms with Crippen LogP contribution >= 0.6 is 11.8 Å². The van der Waals surface area contributed by atoms with E-state index in [1.54, 1.807) is 4.57 Å². The highest BCUT2D eigenvalue weighted by Crippen LogP contribution is 2.18. The van der Waals surface area contributed by atoms with Crippen LogP contribution in [0.1, 0.15) is 32.6 Å². The monoisotopic (exact) mass is 301 g/mol. The topological polar surface area (TPSA) is 58.7 Å². The van der Waals surface area contributed by atoms with Crippen molar-refractivity contribution >= 4 is 22.7 Å². The Morgan fingerprint density at radius 2 is 2.10 bits per heavy atom. The van der Waals surface area contributed by atoms with Gasteiger partial charge in [0, 0.05) is 6.54 Å². The Kier molecular flexibility index (Phi) is 5.82. The molecule has 0 radical (unpaired) electrons. The Labute approximate surface area is 128 Å². The number of rotatable bonds is 7. The molecule has 0 unspecified atom stereocenters. The third kappa shape index (κ3) is 3.85. The third-order valence-corrected chi connectivity index (χ3v) is 4.17. The van der Waals surface area contributed by atoms with Crippen LogP contribution in [0.2, 0.25) is 0 Å². The summed E-state index contributed by atoms with van der Waals surface area (Å²) < 4.78 is 1.72. The molecule has 5 heteroatoms. The second kappa shape index (κ2) is 7.84. The van der Waals surface area contributed by atoms with E-state index in [0.717, 1.165) is 12.8 Å². The minimum Gasteiger partial charge on any atom is -0.287 e. The average Bonchev–Trinajstić information content (AvgIpc) is 2.51. The number of aromatic nitrogens is 2. The average molecular weight is 301 g/mol. The van der Waals surface area contributed by atoms with Crippen LogP contribution in [-0.2, 0) is 6.54 Å².